The van der Waals surface area contributed by atoms with Crippen LogP contribution in [0.15, 0.2) is 72.9 Å². The molecular formula is C56H96O6. The second-order valence-corrected chi connectivity index (χ2v) is 17.1. The normalized spacial score (nSPS) is 12.6. The summed E-state index contributed by atoms with van der Waals surface area (Å²) in [7, 11) is 0. The molecule has 0 spiro atoms. The Labute approximate surface area is 382 Å². The minimum Gasteiger partial charge on any atom is -0.462 e. The van der Waals surface area contributed by atoms with Crippen LogP contribution in [-0.4, -0.2) is 37.2 Å². The van der Waals surface area contributed by atoms with Gasteiger partial charge >= 0.3 is 17.9 Å². The number of rotatable bonds is 46. The van der Waals surface area contributed by atoms with Gasteiger partial charge in [-0.25, -0.2) is 0 Å². The first-order chi connectivity index (χ1) is 30.5. The second-order valence-electron chi connectivity index (χ2n) is 17.1. The molecule has 0 amide bonds. The van der Waals surface area contributed by atoms with Gasteiger partial charge in [0.1, 0.15) is 13.2 Å². The molecule has 62 heavy (non-hydrogen) atoms. The van der Waals surface area contributed by atoms with E-state index in [9.17, 15) is 14.4 Å². The van der Waals surface area contributed by atoms with Gasteiger partial charge in [0.25, 0.3) is 0 Å². The van der Waals surface area contributed by atoms with Gasteiger partial charge in [-0.3, -0.25) is 14.4 Å². The molecule has 0 aliphatic heterocycles. The van der Waals surface area contributed by atoms with Gasteiger partial charge in [0.2, 0.25) is 0 Å². The summed E-state index contributed by atoms with van der Waals surface area (Å²) in [6, 6.07) is 0. The van der Waals surface area contributed by atoms with Gasteiger partial charge < -0.3 is 14.2 Å². The van der Waals surface area contributed by atoms with Crippen LogP contribution in [0.1, 0.15) is 245 Å². The van der Waals surface area contributed by atoms with Gasteiger partial charge in [0.15, 0.2) is 6.10 Å². The van der Waals surface area contributed by atoms with Gasteiger partial charge in [0.05, 0.1) is 0 Å². The second kappa shape index (κ2) is 50.5. The molecular weight excluding hydrogens is 769 g/mol. The average Bonchev–Trinajstić information content (AvgIpc) is 3.27. The number of ether oxygens (including phenoxy) is 3. The van der Waals surface area contributed by atoms with Crippen molar-refractivity contribution in [1.82, 2.24) is 0 Å². The summed E-state index contributed by atoms with van der Waals surface area (Å²) in [6.07, 6.45) is 63.2. The molecule has 0 saturated heterocycles. The van der Waals surface area contributed by atoms with Crippen molar-refractivity contribution in [2.45, 2.75) is 252 Å². The minimum atomic E-state index is -0.780. The lowest BCUT2D eigenvalue weighted by Gasteiger charge is -2.18. The molecule has 0 aromatic rings. The van der Waals surface area contributed by atoms with Crippen molar-refractivity contribution in [1.29, 1.82) is 0 Å². The largest absolute Gasteiger partial charge is 0.462 e. The molecule has 1 unspecified atom stereocenters. The smallest absolute Gasteiger partial charge is 0.306 e. The zero-order valence-corrected chi connectivity index (χ0v) is 40.6. The Bertz CT molecular complexity index is 1180. The molecule has 0 rings (SSSR count). The summed E-state index contributed by atoms with van der Waals surface area (Å²) >= 11 is 0. The van der Waals surface area contributed by atoms with E-state index in [0.717, 1.165) is 109 Å². The van der Waals surface area contributed by atoms with Crippen LogP contribution in [0, 0.1) is 0 Å². The molecule has 0 bridgehead atoms. The fraction of sp³-hybridized carbons (Fsp3) is 0.732. The van der Waals surface area contributed by atoms with E-state index >= 15 is 0 Å². The molecule has 0 aliphatic carbocycles. The molecule has 0 heterocycles. The molecule has 6 nitrogen and oxygen atoms in total. The quantitative estimate of drug-likeness (QED) is 0.0262. The van der Waals surface area contributed by atoms with Gasteiger partial charge in [-0.05, 0) is 89.9 Å². The lowest BCUT2D eigenvalue weighted by Crippen LogP contribution is -2.30. The number of carbonyl (C=O) groups excluding carboxylic acids is 3. The fourth-order valence-electron chi connectivity index (χ4n) is 7.05. The summed E-state index contributed by atoms with van der Waals surface area (Å²) in [5.41, 5.74) is 0. The molecule has 0 fully saturated rings. The molecule has 0 aromatic heterocycles. The highest BCUT2D eigenvalue weighted by Crippen LogP contribution is 2.14. The van der Waals surface area contributed by atoms with Crippen LogP contribution < -0.4 is 0 Å². The number of hydrogen-bond acceptors (Lipinski definition) is 6. The van der Waals surface area contributed by atoms with E-state index < -0.39 is 6.10 Å². The maximum atomic E-state index is 12.7. The monoisotopic (exact) mass is 865 g/mol. The Kier molecular flexibility index (Phi) is 47.9. The lowest BCUT2D eigenvalue weighted by atomic mass is 10.1. The Morgan fingerprint density at radius 2 is 0.629 bits per heavy atom. The molecule has 0 aliphatic rings. The molecule has 6 heteroatoms. The van der Waals surface area contributed by atoms with Crippen LogP contribution in [0.25, 0.3) is 0 Å². The Morgan fingerprint density at radius 1 is 0.339 bits per heavy atom. The standard InChI is InChI=1S/C56H96O6/c1-4-7-10-13-16-19-21-23-24-25-26-27-28-29-30-31-32-34-35-37-40-43-46-49-55(58)61-52-53(51-60-54(57)48-45-42-39-18-15-12-9-6-3)62-56(59)50-47-44-41-38-36-33-22-20-17-14-11-8-5-2/h7,10,16,19-20,22-24,26-27,29-30,53H,4-6,8-9,11-15,17-18,21,25,28,31-52H2,1-3H3/b10-7-,19-16-,22-20-,24-23-,27-26-,30-29-. The van der Waals surface area contributed by atoms with E-state index in [0.29, 0.717) is 19.3 Å². The van der Waals surface area contributed by atoms with E-state index in [-0.39, 0.29) is 31.1 Å². The van der Waals surface area contributed by atoms with Crippen molar-refractivity contribution in [3.8, 4) is 0 Å². The first-order valence-electron chi connectivity index (χ1n) is 25.9. The van der Waals surface area contributed by atoms with Crippen molar-refractivity contribution in [2.24, 2.45) is 0 Å². The van der Waals surface area contributed by atoms with E-state index in [1.165, 1.54) is 96.3 Å². The molecule has 0 saturated carbocycles. The van der Waals surface area contributed by atoms with Gasteiger partial charge in [-0.15, -0.1) is 0 Å². The van der Waals surface area contributed by atoms with Gasteiger partial charge in [-0.2, -0.15) is 0 Å². The number of esters is 3. The molecule has 0 N–H and O–H groups in total. The van der Waals surface area contributed by atoms with Crippen LogP contribution in [0.3, 0.4) is 0 Å². The highest BCUT2D eigenvalue weighted by Gasteiger charge is 2.19. The summed E-state index contributed by atoms with van der Waals surface area (Å²) in [4.78, 5) is 37.8. The van der Waals surface area contributed by atoms with Gasteiger partial charge in [-0.1, -0.05) is 209 Å². The predicted octanol–water partition coefficient (Wildman–Crippen LogP) is 17.0. The maximum Gasteiger partial charge on any atom is 0.306 e. The van der Waals surface area contributed by atoms with E-state index in [1.54, 1.807) is 0 Å². The van der Waals surface area contributed by atoms with Crippen LogP contribution in [0.2, 0.25) is 0 Å². The molecule has 1 atom stereocenters. The Hall–Kier alpha value is -3.15. The van der Waals surface area contributed by atoms with Crippen LogP contribution in [0.4, 0.5) is 0 Å². The highest BCUT2D eigenvalue weighted by molar-refractivity contribution is 5.71. The predicted molar refractivity (Wildman–Crippen MR) is 265 cm³/mol. The summed E-state index contributed by atoms with van der Waals surface area (Å²) in [5, 5.41) is 0. The average molecular weight is 865 g/mol. The van der Waals surface area contributed by atoms with Crippen molar-refractivity contribution < 1.29 is 28.6 Å². The van der Waals surface area contributed by atoms with Gasteiger partial charge in [0, 0.05) is 19.3 Å². The number of carbonyl (C=O) groups is 3. The highest BCUT2D eigenvalue weighted by atomic mass is 16.6. The lowest BCUT2D eigenvalue weighted by molar-refractivity contribution is -0.167. The van der Waals surface area contributed by atoms with Crippen molar-refractivity contribution in [3.05, 3.63) is 72.9 Å². The number of unbranched alkanes of at least 4 members (excludes halogenated alkanes) is 23. The Balaban J connectivity index is 4.27. The molecule has 0 aromatic carbocycles. The van der Waals surface area contributed by atoms with E-state index in [2.05, 4.69) is 93.7 Å². The number of hydrogen-bond donors (Lipinski definition) is 0. The summed E-state index contributed by atoms with van der Waals surface area (Å²) in [5.74, 6) is -0.905. The fourth-order valence-corrected chi connectivity index (χ4v) is 7.05. The van der Waals surface area contributed by atoms with Crippen molar-refractivity contribution in [3.63, 3.8) is 0 Å². The topological polar surface area (TPSA) is 78.9 Å². The first kappa shape index (κ1) is 58.9. The Morgan fingerprint density at radius 3 is 1.02 bits per heavy atom. The van der Waals surface area contributed by atoms with Crippen LogP contribution in [0.5, 0.6) is 0 Å². The first-order valence-corrected chi connectivity index (χ1v) is 25.9. The third-order valence-electron chi connectivity index (χ3n) is 10.9. The van der Waals surface area contributed by atoms with Crippen molar-refractivity contribution in [2.75, 3.05) is 13.2 Å². The molecule has 0 radical (unpaired) electrons. The maximum absolute atomic E-state index is 12.7. The molecule has 356 valence electrons. The van der Waals surface area contributed by atoms with Crippen molar-refractivity contribution >= 4 is 17.9 Å². The summed E-state index contributed by atoms with van der Waals surface area (Å²) in [6.45, 7) is 6.46. The van der Waals surface area contributed by atoms with E-state index in [1.807, 2.05) is 0 Å². The SMILES string of the molecule is CC/C=C\C/C=C\C/C=C\C/C=C\C/C=C\CCCCCCCCCC(=O)OCC(COC(=O)CCCCCCCCCC)OC(=O)CCCCCCC/C=C\CCCCCC. The zero-order valence-electron chi connectivity index (χ0n) is 40.6. The third-order valence-corrected chi connectivity index (χ3v) is 10.9. The van der Waals surface area contributed by atoms with Crippen LogP contribution in [-0.2, 0) is 28.6 Å². The number of allylic oxidation sites excluding steroid dienone is 12. The van der Waals surface area contributed by atoms with E-state index in [4.69, 9.17) is 14.2 Å². The zero-order chi connectivity index (χ0) is 45.1. The third kappa shape index (κ3) is 47.9. The summed E-state index contributed by atoms with van der Waals surface area (Å²) < 4.78 is 16.7. The van der Waals surface area contributed by atoms with Crippen LogP contribution >= 0.6 is 0 Å². The minimum absolute atomic E-state index is 0.0813.